The number of para-hydroxylation sites is 1. The zero-order valence-corrected chi connectivity index (χ0v) is 20.6. The summed E-state index contributed by atoms with van der Waals surface area (Å²) in [6.45, 7) is 6.78. The van der Waals surface area contributed by atoms with Crippen LogP contribution in [0.2, 0.25) is 13.1 Å². The number of hydrogen-bond acceptors (Lipinski definition) is 2. The average molecular weight is 459 g/mol. The van der Waals surface area contributed by atoms with E-state index in [-0.39, 0.29) is 0 Å². The van der Waals surface area contributed by atoms with Crippen LogP contribution in [-0.2, 0) is 0 Å². The fourth-order valence-corrected chi connectivity index (χ4v) is 7.12. The summed E-state index contributed by atoms with van der Waals surface area (Å²) < 4.78 is 2.39. The number of nitrogens with zero attached hydrogens (tertiary/aromatic N) is 3. The van der Waals surface area contributed by atoms with Crippen LogP contribution in [0.25, 0.3) is 38.8 Å². The van der Waals surface area contributed by atoms with Gasteiger partial charge in [-0.2, -0.15) is 5.10 Å². The highest BCUT2D eigenvalue weighted by Crippen LogP contribution is 2.34. The van der Waals surface area contributed by atoms with Gasteiger partial charge in [0.1, 0.15) is 8.07 Å². The lowest BCUT2D eigenvalue weighted by atomic mass is 10.1. The maximum absolute atomic E-state index is 4.71. The molecule has 0 aliphatic heterocycles. The van der Waals surface area contributed by atoms with Gasteiger partial charge in [0.05, 0.1) is 16.7 Å². The van der Waals surface area contributed by atoms with Crippen molar-refractivity contribution in [3.05, 3.63) is 103 Å². The number of nitrogens with one attached hydrogen (secondary N) is 1. The molecule has 0 spiro atoms. The molecule has 0 amide bonds. The van der Waals surface area contributed by atoms with E-state index in [2.05, 4.69) is 113 Å². The Bertz CT molecular complexity index is 1640. The summed E-state index contributed by atoms with van der Waals surface area (Å²) >= 11 is 0. The molecule has 0 bridgehead atoms. The van der Waals surface area contributed by atoms with Crippen molar-refractivity contribution in [2.24, 2.45) is 0 Å². The Labute approximate surface area is 199 Å². The second kappa shape index (κ2) is 7.82. The van der Waals surface area contributed by atoms with Gasteiger partial charge in [0.25, 0.3) is 0 Å². The molecule has 3 heterocycles. The molecule has 166 valence electrons. The minimum Gasteiger partial charge on any atom is -0.309 e. The van der Waals surface area contributed by atoms with E-state index in [0.717, 1.165) is 17.0 Å². The molecule has 34 heavy (non-hydrogen) atoms. The number of aromatic nitrogens is 4. The Kier molecular flexibility index (Phi) is 4.74. The first-order valence-corrected chi connectivity index (χ1v) is 14.6. The second-order valence-electron chi connectivity index (χ2n) is 9.41. The van der Waals surface area contributed by atoms with Crippen LogP contribution in [0.3, 0.4) is 0 Å². The van der Waals surface area contributed by atoms with E-state index in [0.29, 0.717) is 0 Å². The molecule has 0 radical (unpaired) electrons. The van der Waals surface area contributed by atoms with Crippen molar-refractivity contribution in [2.75, 3.05) is 0 Å². The molecule has 6 aromatic rings. The van der Waals surface area contributed by atoms with E-state index in [9.17, 15) is 0 Å². The Hall–Kier alpha value is -3.96. The first-order chi connectivity index (χ1) is 16.5. The number of pyridine rings is 1. The van der Waals surface area contributed by atoms with Gasteiger partial charge in [-0.25, -0.2) is 0 Å². The molecule has 0 atom stereocenters. The maximum atomic E-state index is 4.71. The van der Waals surface area contributed by atoms with Crippen LogP contribution in [0, 0.1) is 6.92 Å². The second-order valence-corrected chi connectivity index (χ2v) is 13.8. The third-order valence-corrected chi connectivity index (χ3v) is 10.1. The van der Waals surface area contributed by atoms with E-state index in [1.54, 1.807) is 0 Å². The van der Waals surface area contributed by atoms with Gasteiger partial charge in [-0.05, 0) is 49.4 Å². The highest BCUT2D eigenvalue weighted by atomic mass is 28.3. The smallest absolute Gasteiger partial charge is 0.135 e. The summed E-state index contributed by atoms with van der Waals surface area (Å²) in [5.74, 6) is 0. The lowest BCUT2D eigenvalue weighted by Gasteiger charge is -2.23. The van der Waals surface area contributed by atoms with Gasteiger partial charge < -0.3 is 4.57 Å². The molecule has 0 saturated heterocycles. The van der Waals surface area contributed by atoms with Gasteiger partial charge >= 0.3 is 0 Å². The highest BCUT2D eigenvalue weighted by Gasteiger charge is 2.28. The van der Waals surface area contributed by atoms with Crippen LogP contribution < -0.4 is 10.5 Å². The summed E-state index contributed by atoms with van der Waals surface area (Å²) in [5, 5.41) is 12.6. The molecular formula is C29H26N4Si. The van der Waals surface area contributed by atoms with E-state index < -0.39 is 8.07 Å². The Balaban J connectivity index is 1.59. The standard InChI is InChI=1S/C29H26N4Si/c1-20-17-26(32-31-20)21-14-15-25-24-11-4-5-12-27(24)33(28(25)18-21)22-9-8-10-23(19-22)34(2,3)29-13-6-7-16-30-29/h4-19H,1-3H3,(H,31,32). The minimum absolute atomic E-state index is 0.966. The lowest BCUT2D eigenvalue weighted by molar-refractivity contribution is 1.05. The van der Waals surface area contributed by atoms with Crippen LogP contribution in [-0.4, -0.2) is 27.8 Å². The number of rotatable bonds is 4. The fourth-order valence-electron chi connectivity index (χ4n) is 4.89. The molecular weight excluding hydrogens is 432 g/mol. The molecule has 5 heteroatoms. The molecule has 3 aromatic heterocycles. The Morgan fingerprint density at radius 3 is 2.38 bits per heavy atom. The number of aryl methyl sites for hydroxylation is 1. The van der Waals surface area contributed by atoms with Crippen molar-refractivity contribution in [2.45, 2.75) is 20.0 Å². The Morgan fingerprint density at radius 1 is 0.765 bits per heavy atom. The summed E-state index contributed by atoms with van der Waals surface area (Å²) in [4.78, 5) is 4.71. The average Bonchev–Trinajstić information content (AvgIpc) is 3.45. The van der Waals surface area contributed by atoms with Gasteiger partial charge in [-0.3, -0.25) is 10.1 Å². The van der Waals surface area contributed by atoms with Crippen molar-refractivity contribution < 1.29 is 0 Å². The summed E-state index contributed by atoms with van der Waals surface area (Å²) in [6, 6.07) is 32.7. The maximum Gasteiger partial charge on any atom is 0.135 e. The van der Waals surface area contributed by atoms with Crippen LogP contribution >= 0.6 is 0 Å². The summed E-state index contributed by atoms with van der Waals surface area (Å²) in [5.41, 5.74) is 6.71. The van der Waals surface area contributed by atoms with Crippen molar-refractivity contribution in [3.8, 4) is 16.9 Å². The molecule has 4 nitrogen and oxygen atoms in total. The number of fused-ring (bicyclic) bond motifs is 3. The highest BCUT2D eigenvalue weighted by molar-refractivity contribution is 6.99. The zero-order valence-electron chi connectivity index (χ0n) is 19.6. The number of H-pyrrole nitrogens is 1. The molecule has 6 rings (SSSR count). The van der Waals surface area contributed by atoms with Crippen LogP contribution in [0.15, 0.2) is 97.2 Å². The van der Waals surface area contributed by atoms with Crippen LogP contribution in [0.4, 0.5) is 0 Å². The number of hydrogen-bond donors (Lipinski definition) is 1. The van der Waals surface area contributed by atoms with Gasteiger partial charge in [0.2, 0.25) is 0 Å². The predicted molar refractivity (Wildman–Crippen MR) is 144 cm³/mol. The first-order valence-electron chi connectivity index (χ1n) is 11.6. The normalized spacial score (nSPS) is 12.0. The minimum atomic E-state index is -1.93. The topological polar surface area (TPSA) is 46.5 Å². The summed E-state index contributed by atoms with van der Waals surface area (Å²) in [6.07, 6.45) is 1.90. The molecule has 0 unspecified atom stereocenters. The monoisotopic (exact) mass is 458 g/mol. The largest absolute Gasteiger partial charge is 0.309 e. The Morgan fingerprint density at radius 2 is 1.59 bits per heavy atom. The van der Waals surface area contributed by atoms with E-state index >= 15 is 0 Å². The number of benzene rings is 3. The van der Waals surface area contributed by atoms with Crippen molar-refractivity contribution in [1.82, 2.24) is 19.7 Å². The molecule has 0 saturated carbocycles. The molecule has 1 N–H and O–H groups in total. The van der Waals surface area contributed by atoms with Gasteiger partial charge in [0, 0.05) is 39.2 Å². The fraction of sp³-hybridized carbons (Fsp3) is 0.103. The van der Waals surface area contributed by atoms with Crippen molar-refractivity contribution in [1.29, 1.82) is 0 Å². The van der Waals surface area contributed by atoms with Gasteiger partial charge in [-0.15, -0.1) is 0 Å². The summed E-state index contributed by atoms with van der Waals surface area (Å²) in [7, 11) is -1.93. The molecule has 0 aliphatic carbocycles. The molecule has 0 fully saturated rings. The lowest BCUT2D eigenvalue weighted by Crippen LogP contribution is -2.54. The van der Waals surface area contributed by atoms with Crippen molar-refractivity contribution >= 4 is 40.4 Å². The third-order valence-electron chi connectivity index (χ3n) is 6.81. The van der Waals surface area contributed by atoms with E-state index in [1.807, 2.05) is 19.2 Å². The van der Waals surface area contributed by atoms with Gasteiger partial charge in [0.15, 0.2) is 0 Å². The van der Waals surface area contributed by atoms with Gasteiger partial charge in [-0.1, -0.05) is 66.8 Å². The SMILES string of the molecule is Cc1cc(-c2ccc3c4ccccc4n(-c4cccc([Si](C)(C)c5ccccn5)c4)c3c2)n[nH]1. The van der Waals surface area contributed by atoms with E-state index in [1.165, 1.54) is 38.0 Å². The van der Waals surface area contributed by atoms with E-state index in [4.69, 9.17) is 4.98 Å². The zero-order chi connectivity index (χ0) is 23.3. The van der Waals surface area contributed by atoms with Crippen LogP contribution in [0.5, 0.6) is 0 Å². The number of aromatic amines is 1. The van der Waals surface area contributed by atoms with Crippen molar-refractivity contribution in [3.63, 3.8) is 0 Å². The van der Waals surface area contributed by atoms with Crippen LogP contribution in [0.1, 0.15) is 5.69 Å². The quantitative estimate of drug-likeness (QED) is 0.345. The predicted octanol–water partition coefficient (Wildman–Crippen LogP) is 5.70. The third kappa shape index (κ3) is 3.28. The molecule has 3 aromatic carbocycles. The first kappa shape index (κ1) is 20.6. The molecule has 0 aliphatic rings.